The van der Waals surface area contributed by atoms with Crippen LogP contribution in [0.1, 0.15) is 33.7 Å². The Morgan fingerprint density at radius 1 is 1.15 bits per heavy atom. The highest BCUT2D eigenvalue weighted by Gasteiger charge is 2.38. The lowest BCUT2D eigenvalue weighted by Gasteiger charge is -2.20. The van der Waals surface area contributed by atoms with Gasteiger partial charge in [0.05, 0.1) is 22.5 Å². The van der Waals surface area contributed by atoms with Crippen LogP contribution in [0.5, 0.6) is 0 Å². The van der Waals surface area contributed by atoms with Crippen molar-refractivity contribution in [3.63, 3.8) is 0 Å². The Kier molecular flexibility index (Phi) is 10.2. The number of aliphatic carboxylic acids is 1. The second-order valence-electron chi connectivity index (χ2n) is 8.56. The van der Waals surface area contributed by atoms with Crippen LogP contribution in [0.3, 0.4) is 0 Å². The third-order valence-electron chi connectivity index (χ3n) is 5.64. The minimum absolute atomic E-state index is 0.0320. The summed E-state index contributed by atoms with van der Waals surface area (Å²) in [5.74, 6) is -4.48. The number of rotatable bonds is 9. The summed E-state index contributed by atoms with van der Waals surface area (Å²) in [6.07, 6.45) is -2.31. The highest BCUT2D eigenvalue weighted by atomic mass is 32.2. The number of pyridine rings is 1. The number of benzene rings is 1. The van der Waals surface area contributed by atoms with E-state index in [0.717, 1.165) is 36.4 Å². The van der Waals surface area contributed by atoms with Crippen molar-refractivity contribution in [3.05, 3.63) is 64.9 Å². The van der Waals surface area contributed by atoms with Gasteiger partial charge in [-0.05, 0) is 56.5 Å². The number of nitrogens with zero attached hydrogens (tertiary/aromatic N) is 4. The number of nitrogens with one attached hydrogen (secondary N) is 1. The number of halogens is 4. The van der Waals surface area contributed by atoms with E-state index in [1.807, 2.05) is 25.6 Å². The fourth-order valence-corrected chi connectivity index (χ4v) is 4.67. The monoisotopic (exact) mass is 589 g/mol. The van der Waals surface area contributed by atoms with Crippen molar-refractivity contribution in [1.29, 1.82) is 0 Å². The van der Waals surface area contributed by atoms with E-state index < -0.39 is 34.0 Å². The highest BCUT2D eigenvalue weighted by Crippen LogP contribution is 2.24. The van der Waals surface area contributed by atoms with Gasteiger partial charge in [-0.15, -0.1) is 0 Å². The number of sulfonamides is 1. The van der Waals surface area contributed by atoms with E-state index >= 15 is 0 Å². The summed E-state index contributed by atoms with van der Waals surface area (Å²) in [5.41, 5.74) is 3.05. The first-order valence-electron chi connectivity index (χ1n) is 11.5. The Labute approximate surface area is 227 Å². The molecule has 16 heteroatoms. The highest BCUT2D eigenvalue weighted by molar-refractivity contribution is 7.92. The molecule has 0 unspecified atom stereocenters. The van der Waals surface area contributed by atoms with Gasteiger partial charge in [0.1, 0.15) is 17.2 Å². The standard InChI is InChI=1S/C22H26FN5O4S.C2HF3O2/c1-14-19(15(2)28(4)25-14)9-6-10-27(3)21-20(22(29)30)12-17(13-24-21)26-33(31,32)18-8-5-7-16(23)11-18;3-2(4,5)1(6)7/h5,7-8,11-13,26H,6,9-10H2,1-4H3,(H,29,30);(H,6,7). The normalized spacial score (nSPS) is 11.4. The molecule has 0 aliphatic heterocycles. The van der Waals surface area contributed by atoms with E-state index in [9.17, 15) is 35.9 Å². The molecular formula is C24H27F4N5O6S. The quantitative estimate of drug-likeness (QED) is 0.316. The second-order valence-corrected chi connectivity index (χ2v) is 10.2. The summed E-state index contributed by atoms with van der Waals surface area (Å²) in [6, 6.07) is 5.72. The topological polar surface area (TPSA) is 155 Å². The van der Waals surface area contributed by atoms with E-state index in [4.69, 9.17) is 9.90 Å². The number of hydrogen-bond acceptors (Lipinski definition) is 7. The van der Waals surface area contributed by atoms with Crippen LogP contribution in [0.15, 0.2) is 41.4 Å². The molecule has 0 aliphatic carbocycles. The maximum Gasteiger partial charge on any atom is 0.490 e. The molecule has 0 atom stereocenters. The molecule has 3 aromatic rings. The first-order valence-corrected chi connectivity index (χ1v) is 12.9. The maximum absolute atomic E-state index is 13.4. The minimum atomic E-state index is -5.08. The number of alkyl halides is 3. The zero-order valence-corrected chi connectivity index (χ0v) is 22.6. The number of aryl methyl sites for hydroxylation is 2. The third-order valence-corrected chi connectivity index (χ3v) is 7.02. The number of carbonyl (C=O) groups is 2. The molecule has 0 aliphatic rings. The summed E-state index contributed by atoms with van der Waals surface area (Å²) >= 11 is 0. The van der Waals surface area contributed by atoms with Gasteiger partial charge in [0, 0.05) is 26.3 Å². The maximum atomic E-state index is 13.4. The largest absolute Gasteiger partial charge is 0.490 e. The molecule has 3 rings (SSSR count). The molecule has 0 bridgehead atoms. The number of carboxylic acids is 2. The van der Waals surface area contributed by atoms with Crippen LogP contribution >= 0.6 is 0 Å². The average molecular weight is 590 g/mol. The molecule has 2 aromatic heterocycles. The van der Waals surface area contributed by atoms with Crippen LogP contribution in [0.4, 0.5) is 29.1 Å². The third kappa shape index (κ3) is 8.39. The van der Waals surface area contributed by atoms with Crippen LogP contribution in [0, 0.1) is 19.7 Å². The summed E-state index contributed by atoms with van der Waals surface area (Å²) < 4.78 is 74.3. The molecule has 0 saturated heterocycles. The van der Waals surface area contributed by atoms with Gasteiger partial charge in [-0.25, -0.2) is 27.4 Å². The van der Waals surface area contributed by atoms with Crippen LogP contribution in [0.25, 0.3) is 0 Å². The van der Waals surface area contributed by atoms with Gasteiger partial charge in [0.25, 0.3) is 10.0 Å². The molecular weight excluding hydrogens is 562 g/mol. The Morgan fingerprint density at radius 3 is 2.27 bits per heavy atom. The van der Waals surface area contributed by atoms with Crippen molar-refractivity contribution < 1.29 is 45.8 Å². The van der Waals surface area contributed by atoms with Gasteiger partial charge in [-0.2, -0.15) is 18.3 Å². The number of anilines is 2. The summed E-state index contributed by atoms with van der Waals surface area (Å²) in [7, 11) is -0.482. The van der Waals surface area contributed by atoms with Crippen LogP contribution in [-0.2, 0) is 28.3 Å². The molecule has 0 spiro atoms. The van der Waals surface area contributed by atoms with Crippen molar-refractivity contribution in [2.45, 2.75) is 37.8 Å². The van der Waals surface area contributed by atoms with Gasteiger partial charge >= 0.3 is 18.1 Å². The lowest BCUT2D eigenvalue weighted by molar-refractivity contribution is -0.192. The SMILES string of the molecule is Cc1nn(C)c(C)c1CCCN(C)c1ncc(NS(=O)(=O)c2cccc(F)c2)cc1C(=O)O.O=C(O)C(F)(F)F. The van der Waals surface area contributed by atoms with E-state index in [0.29, 0.717) is 6.54 Å². The van der Waals surface area contributed by atoms with Gasteiger partial charge in [0.15, 0.2) is 0 Å². The molecule has 218 valence electrons. The molecule has 40 heavy (non-hydrogen) atoms. The Morgan fingerprint density at radius 2 is 1.77 bits per heavy atom. The Bertz CT molecular complexity index is 1490. The van der Waals surface area contributed by atoms with E-state index in [2.05, 4.69) is 14.8 Å². The average Bonchev–Trinajstić information content (AvgIpc) is 3.09. The molecule has 1 aromatic carbocycles. The molecule has 0 saturated carbocycles. The molecule has 0 amide bonds. The van der Waals surface area contributed by atoms with Crippen LogP contribution < -0.4 is 9.62 Å². The Hall–Kier alpha value is -4.21. The van der Waals surface area contributed by atoms with Crippen molar-refractivity contribution >= 4 is 33.5 Å². The summed E-state index contributed by atoms with van der Waals surface area (Å²) in [6.45, 7) is 4.50. The Balaban J connectivity index is 0.000000708. The fourth-order valence-electron chi connectivity index (χ4n) is 3.60. The molecule has 0 fully saturated rings. The predicted molar refractivity (Wildman–Crippen MR) is 136 cm³/mol. The van der Waals surface area contributed by atoms with Crippen molar-refractivity contribution in [1.82, 2.24) is 14.8 Å². The van der Waals surface area contributed by atoms with Gasteiger partial charge in [-0.3, -0.25) is 9.40 Å². The zero-order valence-electron chi connectivity index (χ0n) is 21.8. The van der Waals surface area contributed by atoms with Crippen molar-refractivity contribution in [2.75, 3.05) is 23.2 Å². The molecule has 11 nitrogen and oxygen atoms in total. The zero-order chi connectivity index (χ0) is 30.4. The first-order chi connectivity index (χ1) is 18.4. The molecule has 3 N–H and O–H groups in total. The lowest BCUT2D eigenvalue weighted by atomic mass is 10.1. The second kappa shape index (κ2) is 12.8. The summed E-state index contributed by atoms with van der Waals surface area (Å²) in [5, 5.41) is 21.2. The molecule has 0 radical (unpaired) electrons. The smallest absolute Gasteiger partial charge is 0.478 e. The lowest BCUT2D eigenvalue weighted by Crippen LogP contribution is -2.23. The first kappa shape index (κ1) is 32.0. The van der Waals surface area contributed by atoms with E-state index in [1.54, 1.807) is 11.9 Å². The van der Waals surface area contributed by atoms with Crippen LogP contribution in [0.2, 0.25) is 0 Å². The number of carboxylic acid groups (broad SMARTS) is 2. The molecule has 2 heterocycles. The van der Waals surface area contributed by atoms with E-state index in [-0.39, 0.29) is 22.0 Å². The number of hydrogen-bond donors (Lipinski definition) is 3. The predicted octanol–water partition coefficient (Wildman–Crippen LogP) is 3.77. The van der Waals surface area contributed by atoms with Crippen molar-refractivity contribution in [2.24, 2.45) is 7.05 Å². The van der Waals surface area contributed by atoms with Crippen molar-refractivity contribution in [3.8, 4) is 0 Å². The summed E-state index contributed by atoms with van der Waals surface area (Å²) in [4.78, 5) is 26.4. The van der Waals surface area contributed by atoms with E-state index in [1.165, 1.54) is 30.0 Å². The minimum Gasteiger partial charge on any atom is -0.478 e. The fraction of sp³-hybridized carbons (Fsp3) is 0.333. The number of aromatic carboxylic acids is 1. The van der Waals surface area contributed by atoms with Crippen LogP contribution in [-0.4, -0.2) is 65.1 Å². The van der Waals surface area contributed by atoms with Gasteiger partial charge in [-0.1, -0.05) is 6.07 Å². The van der Waals surface area contributed by atoms with Gasteiger partial charge < -0.3 is 15.1 Å². The van der Waals surface area contributed by atoms with Gasteiger partial charge in [0.2, 0.25) is 0 Å². The number of aromatic nitrogens is 3.